The van der Waals surface area contributed by atoms with Crippen molar-refractivity contribution in [1.29, 1.82) is 0 Å². The van der Waals surface area contributed by atoms with E-state index < -0.39 is 23.6 Å². The van der Waals surface area contributed by atoms with Gasteiger partial charge < -0.3 is 11.1 Å². The maximum Gasteiger partial charge on any atom is 0.239 e. The summed E-state index contributed by atoms with van der Waals surface area (Å²) in [6.07, 6.45) is 0. The summed E-state index contributed by atoms with van der Waals surface area (Å²) in [5.74, 6) is -1.85. The molecule has 1 aromatic carbocycles. The van der Waals surface area contributed by atoms with Crippen molar-refractivity contribution < 1.29 is 13.6 Å². The zero-order valence-electron chi connectivity index (χ0n) is 9.84. The van der Waals surface area contributed by atoms with Crippen LogP contribution in [0.25, 0.3) is 0 Å². The number of primary amides is 1. The topological polar surface area (TPSA) is 55.1 Å². The van der Waals surface area contributed by atoms with E-state index >= 15 is 0 Å². The van der Waals surface area contributed by atoms with Gasteiger partial charge in [-0.1, -0.05) is 19.9 Å². The highest BCUT2D eigenvalue weighted by atomic mass is 19.1. The predicted molar refractivity (Wildman–Crippen MR) is 61.1 cm³/mol. The molecular weight excluding hydrogens is 226 g/mol. The number of nitrogens with two attached hydrogens (primary N) is 1. The van der Waals surface area contributed by atoms with Gasteiger partial charge in [-0.25, -0.2) is 8.78 Å². The van der Waals surface area contributed by atoms with Gasteiger partial charge in [-0.3, -0.25) is 4.79 Å². The molecule has 1 unspecified atom stereocenters. The molecule has 0 aliphatic carbocycles. The highest BCUT2D eigenvalue weighted by Crippen LogP contribution is 2.18. The van der Waals surface area contributed by atoms with Crippen LogP contribution >= 0.6 is 0 Å². The SMILES string of the molecule is CC(C)CNC(C(N)=O)c1ccc(F)cc1F. The van der Waals surface area contributed by atoms with Crippen LogP contribution in [0.1, 0.15) is 25.5 Å². The van der Waals surface area contributed by atoms with Gasteiger partial charge in [0.25, 0.3) is 0 Å². The number of amides is 1. The minimum Gasteiger partial charge on any atom is -0.368 e. The number of halogens is 2. The molecule has 1 aromatic rings. The maximum absolute atomic E-state index is 13.5. The lowest BCUT2D eigenvalue weighted by molar-refractivity contribution is -0.120. The highest BCUT2D eigenvalue weighted by Gasteiger charge is 2.21. The lowest BCUT2D eigenvalue weighted by Gasteiger charge is -2.17. The zero-order valence-corrected chi connectivity index (χ0v) is 9.84. The van der Waals surface area contributed by atoms with E-state index in [9.17, 15) is 13.6 Å². The Kier molecular flexibility index (Phi) is 4.57. The van der Waals surface area contributed by atoms with Gasteiger partial charge in [-0.2, -0.15) is 0 Å². The molecule has 0 fully saturated rings. The van der Waals surface area contributed by atoms with Gasteiger partial charge in [0.05, 0.1) is 0 Å². The third kappa shape index (κ3) is 3.78. The molecule has 1 amide bonds. The van der Waals surface area contributed by atoms with Crippen LogP contribution in [0.3, 0.4) is 0 Å². The summed E-state index contributed by atoms with van der Waals surface area (Å²) in [7, 11) is 0. The van der Waals surface area contributed by atoms with Crippen LogP contribution in [0, 0.1) is 17.6 Å². The second-order valence-corrected chi connectivity index (χ2v) is 4.30. The molecule has 0 bridgehead atoms. The second-order valence-electron chi connectivity index (χ2n) is 4.30. The van der Waals surface area contributed by atoms with Gasteiger partial charge in [0.2, 0.25) is 5.91 Å². The fourth-order valence-corrected chi connectivity index (χ4v) is 1.45. The molecular formula is C12H16F2N2O. The molecule has 0 heterocycles. The highest BCUT2D eigenvalue weighted by molar-refractivity contribution is 5.81. The number of carbonyl (C=O) groups is 1. The van der Waals surface area contributed by atoms with Crippen LogP contribution in [0.15, 0.2) is 18.2 Å². The van der Waals surface area contributed by atoms with Crippen LogP contribution in [0.4, 0.5) is 8.78 Å². The minimum absolute atomic E-state index is 0.0690. The zero-order chi connectivity index (χ0) is 13.0. The Morgan fingerprint density at radius 1 is 1.41 bits per heavy atom. The minimum atomic E-state index is -0.932. The largest absolute Gasteiger partial charge is 0.368 e. The fraction of sp³-hybridized carbons (Fsp3) is 0.417. The summed E-state index contributed by atoms with van der Waals surface area (Å²) < 4.78 is 26.2. The average molecular weight is 242 g/mol. The second kappa shape index (κ2) is 5.72. The van der Waals surface area contributed by atoms with Crippen molar-refractivity contribution in [2.45, 2.75) is 19.9 Å². The van der Waals surface area contributed by atoms with Crippen LogP contribution in [0.2, 0.25) is 0 Å². The Balaban J connectivity index is 2.93. The van der Waals surface area contributed by atoms with Gasteiger partial charge in [0.15, 0.2) is 0 Å². The van der Waals surface area contributed by atoms with E-state index in [-0.39, 0.29) is 5.56 Å². The van der Waals surface area contributed by atoms with E-state index in [1.807, 2.05) is 13.8 Å². The molecule has 1 rings (SSSR count). The van der Waals surface area contributed by atoms with E-state index in [1.54, 1.807) is 0 Å². The Morgan fingerprint density at radius 2 is 2.06 bits per heavy atom. The fourth-order valence-electron chi connectivity index (χ4n) is 1.45. The molecule has 0 aliphatic heterocycles. The number of carbonyl (C=O) groups excluding carboxylic acids is 1. The van der Waals surface area contributed by atoms with Crippen LogP contribution in [0.5, 0.6) is 0 Å². The van der Waals surface area contributed by atoms with Crippen LogP contribution in [-0.2, 0) is 4.79 Å². The van der Waals surface area contributed by atoms with Crippen LogP contribution < -0.4 is 11.1 Å². The molecule has 0 saturated carbocycles. The van der Waals surface area contributed by atoms with Crippen LogP contribution in [-0.4, -0.2) is 12.5 Å². The monoisotopic (exact) mass is 242 g/mol. The number of nitrogens with one attached hydrogen (secondary N) is 1. The van der Waals surface area contributed by atoms with E-state index in [0.29, 0.717) is 12.5 Å². The van der Waals surface area contributed by atoms with Crippen molar-refractivity contribution in [1.82, 2.24) is 5.32 Å². The summed E-state index contributed by atoms with van der Waals surface area (Å²) in [6, 6.07) is 2.14. The Bertz CT molecular complexity index is 407. The van der Waals surface area contributed by atoms with E-state index in [1.165, 1.54) is 6.07 Å². The van der Waals surface area contributed by atoms with Gasteiger partial charge in [-0.05, 0) is 18.5 Å². The molecule has 0 spiro atoms. The summed E-state index contributed by atoms with van der Waals surface area (Å²) in [6.45, 7) is 4.42. The first kappa shape index (κ1) is 13.6. The number of hydrogen-bond donors (Lipinski definition) is 2. The Morgan fingerprint density at radius 3 is 2.53 bits per heavy atom. The van der Waals surface area contributed by atoms with Crippen molar-refractivity contribution in [2.24, 2.45) is 11.7 Å². The number of benzene rings is 1. The molecule has 94 valence electrons. The summed E-state index contributed by atoms with van der Waals surface area (Å²) in [4.78, 5) is 11.2. The summed E-state index contributed by atoms with van der Waals surface area (Å²) in [5, 5.41) is 2.86. The van der Waals surface area contributed by atoms with Crippen molar-refractivity contribution in [3.63, 3.8) is 0 Å². The molecule has 1 atom stereocenters. The molecule has 5 heteroatoms. The standard InChI is InChI=1S/C12H16F2N2O/c1-7(2)6-16-11(12(15)17)9-4-3-8(13)5-10(9)14/h3-5,7,11,16H,6H2,1-2H3,(H2,15,17). The smallest absolute Gasteiger partial charge is 0.239 e. The van der Waals surface area contributed by atoms with Crippen molar-refractivity contribution in [3.05, 3.63) is 35.4 Å². The summed E-state index contributed by atoms with van der Waals surface area (Å²) in [5.41, 5.74) is 5.27. The third-order valence-corrected chi connectivity index (χ3v) is 2.29. The predicted octanol–water partition coefficient (Wildman–Crippen LogP) is 1.74. The third-order valence-electron chi connectivity index (χ3n) is 2.29. The van der Waals surface area contributed by atoms with Gasteiger partial charge in [0.1, 0.15) is 17.7 Å². The first-order chi connectivity index (χ1) is 7.91. The lowest BCUT2D eigenvalue weighted by Crippen LogP contribution is -2.36. The first-order valence-electron chi connectivity index (χ1n) is 5.39. The lowest BCUT2D eigenvalue weighted by atomic mass is 10.0. The molecule has 0 radical (unpaired) electrons. The molecule has 0 aliphatic rings. The Labute approximate surface area is 99.0 Å². The van der Waals surface area contributed by atoms with Crippen molar-refractivity contribution in [3.8, 4) is 0 Å². The van der Waals surface area contributed by atoms with Crippen molar-refractivity contribution in [2.75, 3.05) is 6.54 Å². The van der Waals surface area contributed by atoms with Gasteiger partial charge in [0, 0.05) is 11.6 Å². The van der Waals surface area contributed by atoms with Crippen molar-refractivity contribution >= 4 is 5.91 Å². The maximum atomic E-state index is 13.5. The van der Waals surface area contributed by atoms with E-state index in [4.69, 9.17) is 5.73 Å². The molecule has 3 N–H and O–H groups in total. The normalized spacial score (nSPS) is 12.8. The Hall–Kier alpha value is -1.49. The molecule has 0 aromatic heterocycles. The number of rotatable bonds is 5. The van der Waals surface area contributed by atoms with Gasteiger partial charge >= 0.3 is 0 Å². The van der Waals surface area contributed by atoms with Gasteiger partial charge in [-0.15, -0.1) is 0 Å². The van der Waals surface area contributed by atoms with E-state index in [0.717, 1.165) is 12.1 Å². The molecule has 17 heavy (non-hydrogen) atoms. The van der Waals surface area contributed by atoms with E-state index in [2.05, 4.69) is 5.32 Å². The summed E-state index contributed by atoms with van der Waals surface area (Å²) >= 11 is 0. The molecule has 0 saturated heterocycles. The first-order valence-corrected chi connectivity index (χ1v) is 5.39. The number of hydrogen-bond acceptors (Lipinski definition) is 2. The quantitative estimate of drug-likeness (QED) is 0.826. The molecule has 3 nitrogen and oxygen atoms in total. The average Bonchev–Trinajstić information content (AvgIpc) is 2.20.